The third kappa shape index (κ3) is 2.18. The van der Waals surface area contributed by atoms with Gasteiger partial charge in [0.15, 0.2) is 6.10 Å². The first-order chi connectivity index (χ1) is 6.15. The summed E-state index contributed by atoms with van der Waals surface area (Å²) in [6.45, 7) is 5.44. The van der Waals surface area contributed by atoms with E-state index in [2.05, 4.69) is 6.58 Å². The summed E-state index contributed by atoms with van der Waals surface area (Å²) in [6.07, 6.45) is 3.51. The van der Waals surface area contributed by atoms with E-state index in [9.17, 15) is 9.59 Å². The Morgan fingerprint density at radius 1 is 1.69 bits per heavy atom. The lowest BCUT2D eigenvalue weighted by Crippen LogP contribution is -2.34. The zero-order valence-electron chi connectivity index (χ0n) is 7.40. The van der Waals surface area contributed by atoms with Crippen molar-refractivity contribution in [2.75, 3.05) is 6.54 Å². The Labute approximate surface area is 76.5 Å². The first-order valence-corrected chi connectivity index (χ1v) is 3.95. The number of nitrogens with zero attached hydrogens (tertiary/aromatic N) is 1. The van der Waals surface area contributed by atoms with Crippen molar-refractivity contribution in [2.45, 2.75) is 13.0 Å². The molecule has 1 amide bonds. The summed E-state index contributed by atoms with van der Waals surface area (Å²) in [5.41, 5.74) is 0. The number of carbonyl (C=O) groups excluding carboxylic acids is 2. The number of ether oxygens (including phenoxy) is 1. The van der Waals surface area contributed by atoms with Crippen LogP contribution in [0.25, 0.3) is 0 Å². The van der Waals surface area contributed by atoms with E-state index in [-0.39, 0.29) is 5.91 Å². The van der Waals surface area contributed by atoms with Crippen LogP contribution in [0.5, 0.6) is 0 Å². The number of hydrogen-bond donors (Lipinski definition) is 0. The summed E-state index contributed by atoms with van der Waals surface area (Å²) in [4.78, 5) is 23.7. The topological polar surface area (TPSA) is 46.6 Å². The molecule has 0 aromatic heterocycles. The lowest BCUT2D eigenvalue weighted by molar-refractivity contribution is -0.152. The van der Waals surface area contributed by atoms with Crippen LogP contribution < -0.4 is 0 Å². The van der Waals surface area contributed by atoms with Crippen molar-refractivity contribution in [3.05, 3.63) is 24.9 Å². The summed E-state index contributed by atoms with van der Waals surface area (Å²) < 4.78 is 4.75. The van der Waals surface area contributed by atoms with Gasteiger partial charge < -0.3 is 9.64 Å². The van der Waals surface area contributed by atoms with Gasteiger partial charge >= 0.3 is 5.97 Å². The average Bonchev–Trinajstić information content (AvgIpc) is 2.19. The summed E-state index contributed by atoms with van der Waals surface area (Å²) >= 11 is 0. The number of carbonyl (C=O) groups is 2. The molecule has 1 aliphatic rings. The monoisotopic (exact) mass is 181 g/mol. The lowest BCUT2D eigenvalue weighted by Gasteiger charge is -2.17. The van der Waals surface area contributed by atoms with Crippen LogP contribution in [0.3, 0.4) is 0 Å². The number of hydrogen-bond acceptors (Lipinski definition) is 3. The van der Waals surface area contributed by atoms with E-state index >= 15 is 0 Å². The first-order valence-electron chi connectivity index (χ1n) is 3.95. The van der Waals surface area contributed by atoms with E-state index < -0.39 is 12.1 Å². The molecule has 1 aliphatic heterocycles. The van der Waals surface area contributed by atoms with Crippen molar-refractivity contribution < 1.29 is 14.3 Å². The quantitative estimate of drug-likeness (QED) is 0.459. The number of esters is 1. The van der Waals surface area contributed by atoms with E-state index in [1.807, 2.05) is 0 Å². The molecular weight excluding hydrogens is 170 g/mol. The van der Waals surface area contributed by atoms with E-state index in [0.717, 1.165) is 0 Å². The molecule has 0 saturated heterocycles. The molecule has 4 nitrogen and oxygen atoms in total. The zero-order valence-corrected chi connectivity index (χ0v) is 7.40. The molecule has 13 heavy (non-hydrogen) atoms. The van der Waals surface area contributed by atoms with Gasteiger partial charge in [0, 0.05) is 18.8 Å². The minimum atomic E-state index is -0.720. The highest BCUT2D eigenvalue weighted by molar-refractivity contribution is 5.90. The smallest absolute Gasteiger partial charge is 0.333 e. The molecule has 1 atom stereocenters. The zero-order chi connectivity index (χ0) is 9.84. The Bertz CT molecular complexity index is 270. The van der Waals surface area contributed by atoms with Crippen LogP contribution >= 0.6 is 0 Å². The van der Waals surface area contributed by atoms with Crippen molar-refractivity contribution in [1.82, 2.24) is 4.90 Å². The molecular formula is C9H11NO3. The molecule has 0 aromatic carbocycles. The van der Waals surface area contributed by atoms with Gasteiger partial charge in [-0.1, -0.05) is 6.08 Å². The maximum atomic E-state index is 11.4. The normalized spacial score (nSPS) is 22.5. The SMILES string of the molecule is C=CCN1C=CC(=O)OC(C)C1=O. The largest absolute Gasteiger partial charge is 0.449 e. The van der Waals surface area contributed by atoms with Crippen molar-refractivity contribution in [1.29, 1.82) is 0 Å². The van der Waals surface area contributed by atoms with Crippen LogP contribution in [0.1, 0.15) is 6.92 Å². The lowest BCUT2D eigenvalue weighted by atomic mass is 10.3. The molecule has 0 radical (unpaired) electrons. The van der Waals surface area contributed by atoms with Crippen LogP contribution in [0.2, 0.25) is 0 Å². The molecule has 4 heteroatoms. The standard InChI is InChI=1S/C9H11NO3/c1-3-5-10-6-4-8(11)13-7(2)9(10)12/h3-4,6-7H,1,5H2,2H3. The molecule has 0 aromatic rings. The third-order valence-electron chi connectivity index (χ3n) is 1.64. The first kappa shape index (κ1) is 9.51. The van der Waals surface area contributed by atoms with Crippen molar-refractivity contribution in [3.63, 3.8) is 0 Å². The van der Waals surface area contributed by atoms with Crippen LogP contribution in [0.4, 0.5) is 0 Å². The van der Waals surface area contributed by atoms with E-state index in [4.69, 9.17) is 4.74 Å². The predicted molar refractivity (Wildman–Crippen MR) is 46.6 cm³/mol. The Kier molecular flexibility index (Phi) is 2.84. The number of amides is 1. The summed E-state index contributed by atoms with van der Waals surface area (Å²) in [7, 11) is 0. The van der Waals surface area contributed by atoms with Gasteiger partial charge in [0.05, 0.1) is 0 Å². The van der Waals surface area contributed by atoms with Gasteiger partial charge in [0.1, 0.15) is 0 Å². The molecule has 0 spiro atoms. The van der Waals surface area contributed by atoms with Gasteiger partial charge in [-0.3, -0.25) is 4.79 Å². The molecule has 0 aliphatic carbocycles. The minimum Gasteiger partial charge on any atom is -0.449 e. The van der Waals surface area contributed by atoms with E-state index in [0.29, 0.717) is 6.54 Å². The van der Waals surface area contributed by atoms with E-state index in [1.54, 1.807) is 13.0 Å². The molecule has 0 fully saturated rings. The highest BCUT2D eigenvalue weighted by Gasteiger charge is 2.23. The Morgan fingerprint density at radius 2 is 2.38 bits per heavy atom. The van der Waals surface area contributed by atoms with Crippen molar-refractivity contribution >= 4 is 11.9 Å². The fourth-order valence-corrected chi connectivity index (χ4v) is 1.01. The fourth-order valence-electron chi connectivity index (χ4n) is 1.01. The van der Waals surface area contributed by atoms with Gasteiger partial charge in [0.25, 0.3) is 5.91 Å². The highest BCUT2D eigenvalue weighted by Crippen LogP contribution is 2.05. The van der Waals surface area contributed by atoms with Crippen LogP contribution in [0, 0.1) is 0 Å². The van der Waals surface area contributed by atoms with Gasteiger partial charge in [-0.25, -0.2) is 4.79 Å². The van der Waals surface area contributed by atoms with Crippen LogP contribution in [-0.4, -0.2) is 29.4 Å². The second-order valence-electron chi connectivity index (χ2n) is 2.67. The number of rotatable bonds is 2. The Balaban J connectivity index is 2.81. The highest BCUT2D eigenvalue weighted by atomic mass is 16.5. The second kappa shape index (κ2) is 3.89. The average molecular weight is 181 g/mol. The predicted octanol–water partition coefficient (Wildman–Crippen LogP) is 0.460. The Morgan fingerprint density at radius 3 is 3.00 bits per heavy atom. The van der Waals surface area contributed by atoms with Gasteiger partial charge in [-0.15, -0.1) is 6.58 Å². The maximum absolute atomic E-state index is 11.4. The Hall–Kier alpha value is -1.58. The van der Waals surface area contributed by atoms with Crippen molar-refractivity contribution in [2.24, 2.45) is 0 Å². The van der Waals surface area contributed by atoms with Gasteiger partial charge in [0.2, 0.25) is 0 Å². The summed E-state index contributed by atoms with van der Waals surface area (Å²) in [6, 6.07) is 0. The van der Waals surface area contributed by atoms with E-state index in [1.165, 1.54) is 17.2 Å². The van der Waals surface area contributed by atoms with Crippen LogP contribution in [0.15, 0.2) is 24.9 Å². The second-order valence-corrected chi connectivity index (χ2v) is 2.67. The number of cyclic esters (lactones) is 1. The van der Waals surface area contributed by atoms with Crippen molar-refractivity contribution in [3.8, 4) is 0 Å². The minimum absolute atomic E-state index is 0.234. The molecule has 1 heterocycles. The summed E-state index contributed by atoms with van der Waals surface area (Å²) in [5, 5.41) is 0. The molecule has 70 valence electrons. The van der Waals surface area contributed by atoms with Crippen LogP contribution in [-0.2, 0) is 14.3 Å². The molecule has 1 rings (SSSR count). The molecule has 0 N–H and O–H groups in total. The molecule has 0 bridgehead atoms. The maximum Gasteiger partial charge on any atom is 0.333 e. The van der Waals surface area contributed by atoms with Gasteiger partial charge in [-0.2, -0.15) is 0 Å². The van der Waals surface area contributed by atoms with Gasteiger partial charge in [-0.05, 0) is 6.92 Å². The molecule has 0 saturated carbocycles. The fraction of sp³-hybridized carbons (Fsp3) is 0.333. The molecule has 1 unspecified atom stereocenters. The third-order valence-corrected chi connectivity index (χ3v) is 1.64. The summed E-state index contributed by atoms with van der Waals surface area (Å²) in [5.74, 6) is -0.727.